The summed E-state index contributed by atoms with van der Waals surface area (Å²) >= 11 is 0. The van der Waals surface area contributed by atoms with Crippen LogP contribution in [-0.4, -0.2) is 57.7 Å². The van der Waals surface area contributed by atoms with Gasteiger partial charge in [-0.25, -0.2) is 4.98 Å². The van der Waals surface area contributed by atoms with Gasteiger partial charge in [0.1, 0.15) is 24.1 Å². The summed E-state index contributed by atoms with van der Waals surface area (Å²) in [6.45, 7) is 8.16. The van der Waals surface area contributed by atoms with E-state index in [-0.39, 0.29) is 12.5 Å². The minimum absolute atomic E-state index is 0.235. The van der Waals surface area contributed by atoms with Crippen molar-refractivity contribution in [2.75, 3.05) is 0 Å². The standard InChI is InChI=1S/C27H31N3O6/c1-26(2)33-20-21(34-26)23-25(36-27(3,4)35-23)32-22(20)24(31)28-14-19-29-17-12-8-9-13-18(17)30(19)15-16-10-6-5-7-11-16/h5-13,20-23,25H,14-15H2,1-4H3,(H,28,31)/t20-,21-,22-,23-,25+/m1/s1. The van der Waals surface area contributed by atoms with Crippen LogP contribution in [0.25, 0.3) is 11.0 Å². The SMILES string of the molecule is CC1(C)O[C@@H]2[C@@H](O1)[C@H](C(=O)NCc1nc3ccccc3n1Cc1ccccc1)O[C@H]1OC(C)(C)O[C@@H]12. The summed E-state index contributed by atoms with van der Waals surface area (Å²) in [5.41, 5.74) is 3.04. The number of nitrogens with zero attached hydrogens (tertiary/aromatic N) is 2. The number of hydrogen-bond donors (Lipinski definition) is 1. The number of rotatable bonds is 5. The van der Waals surface area contributed by atoms with Crippen LogP contribution in [0.15, 0.2) is 54.6 Å². The maximum Gasteiger partial charge on any atom is 0.252 e. The average Bonchev–Trinajstić information content (AvgIpc) is 3.46. The highest BCUT2D eigenvalue weighted by atomic mass is 16.9. The zero-order chi connectivity index (χ0) is 25.1. The van der Waals surface area contributed by atoms with Crippen LogP contribution in [0.1, 0.15) is 39.1 Å². The molecule has 5 atom stereocenters. The first-order chi connectivity index (χ1) is 17.2. The highest BCUT2D eigenvalue weighted by Gasteiger charge is 2.62. The fraction of sp³-hybridized carbons (Fsp3) is 0.481. The molecule has 2 aromatic carbocycles. The van der Waals surface area contributed by atoms with Gasteiger partial charge in [-0.1, -0.05) is 42.5 Å². The Morgan fingerprint density at radius 1 is 0.889 bits per heavy atom. The van der Waals surface area contributed by atoms with Crippen molar-refractivity contribution in [2.45, 2.75) is 83.1 Å². The molecule has 0 unspecified atom stereocenters. The lowest BCUT2D eigenvalue weighted by molar-refractivity contribution is -0.231. The van der Waals surface area contributed by atoms with Gasteiger partial charge < -0.3 is 33.6 Å². The van der Waals surface area contributed by atoms with Crippen molar-refractivity contribution >= 4 is 16.9 Å². The Morgan fingerprint density at radius 3 is 2.36 bits per heavy atom. The zero-order valence-corrected chi connectivity index (χ0v) is 20.8. The van der Waals surface area contributed by atoms with Crippen molar-refractivity contribution in [3.8, 4) is 0 Å². The van der Waals surface area contributed by atoms with Crippen molar-refractivity contribution in [1.29, 1.82) is 0 Å². The molecule has 9 heteroatoms. The third-order valence-corrected chi connectivity index (χ3v) is 6.75. The number of fused-ring (bicyclic) bond motifs is 4. The molecule has 1 amide bonds. The fourth-order valence-corrected chi connectivity index (χ4v) is 5.29. The number of imidazole rings is 1. The molecule has 3 aromatic rings. The van der Waals surface area contributed by atoms with Crippen LogP contribution in [0.4, 0.5) is 0 Å². The van der Waals surface area contributed by atoms with Gasteiger partial charge in [0, 0.05) is 6.54 Å². The van der Waals surface area contributed by atoms with E-state index in [0.29, 0.717) is 6.54 Å². The molecular formula is C27H31N3O6. The van der Waals surface area contributed by atoms with Gasteiger partial charge in [-0.05, 0) is 45.4 Å². The molecule has 3 fully saturated rings. The summed E-state index contributed by atoms with van der Waals surface area (Å²) in [7, 11) is 0. The number of carbonyl (C=O) groups is 1. The molecule has 0 spiro atoms. The van der Waals surface area contributed by atoms with Crippen LogP contribution in [0.5, 0.6) is 0 Å². The number of amides is 1. The van der Waals surface area contributed by atoms with Crippen LogP contribution in [0, 0.1) is 0 Å². The number of nitrogens with one attached hydrogen (secondary N) is 1. The molecule has 3 aliphatic rings. The summed E-state index contributed by atoms with van der Waals surface area (Å²) in [5, 5.41) is 3.02. The third kappa shape index (κ3) is 4.31. The first kappa shape index (κ1) is 23.6. The van der Waals surface area contributed by atoms with Gasteiger partial charge in [0.05, 0.1) is 17.6 Å². The molecule has 0 aliphatic carbocycles. The van der Waals surface area contributed by atoms with Crippen molar-refractivity contribution in [2.24, 2.45) is 0 Å². The number of benzene rings is 2. The van der Waals surface area contributed by atoms with Gasteiger partial charge in [0.2, 0.25) is 0 Å². The predicted molar refractivity (Wildman–Crippen MR) is 130 cm³/mol. The van der Waals surface area contributed by atoms with Crippen LogP contribution in [-0.2, 0) is 41.6 Å². The molecule has 1 aromatic heterocycles. The average molecular weight is 494 g/mol. The largest absolute Gasteiger partial charge is 0.347 e. The highest BCUT2D eigenvalue weighted by molar-refractivity contribution is 5.82. The number of aromatic nitrogens is 2. The lowest BCUT2D eigenvalue weighted by Crippen LogP contribution is -2.59. The van der Waals surface area contributed by atoms with Gasteiger partial charge in [0.25, 0.3) is 5.91 Å². The summed E-state index contributed by atoms with van der Waals surface area (Å²) < 4.78 is 32.4. The maximum absolute atomic E-state index is 13.5. The molecule has 0 radical (unpaired) electrons. The lowest BCUT2D eigenvalue weighted by Gasteiger charge is -2.36. The number of hydrogen-bond acceptors (Lipinski definition) is 7. The van der Waals surface area contributed by atoms with E-state index in [4.69, 9.17) is 28.7 Å². The van der Waals surface area contributed by atoms with Gasteiger partial charge in [0.15, 0.2) is 24.0 Å². The minimum Gasteiger partial charge on any atom is -0.347 e. The Kier molecular flexibility index (Phi) is 5.66. The monoisotopic (exact) mass is 493 g/mol. The van der Waals surface area contributed by atoms with E-state index in [9.17, 15) is 4.79 Å². The van der Waals surface area contributed by atoms with Crippen molar-refractivity contribution in [3.63, 3.8) is 0 Å². The molecule has 190 valence electrons. The number of ether oxygens (including phenoxy) is 5. The van der Waals surface area contributed by atoms with E-state index in [0.717, 1.165) is 22.4 Å². The molecule has 36 heavy (non-hydrogen) atoms. The molecular weight excluding hydrogens is 462 g/mol. The van der Waals surface area contributed by atoms with Gasteiger partial charge in [-0.15, -0.1) is 0 Å². The summed E-state index contributed by atoms with van der Waals surface area (Å²) in [4.78, 5) is 18.2. The Labute approximate surface area is 209 Å². The Morgan fingerprint density at radius 2 is 1.56 bits per heavy atom. The third-order valence-electron chi connectivity index (χ3n) is 6.75. The second-order valence-electron chi connectivity index (χ2n) is 10.4. The Bertz CT molecular complexity index is 1270. The molecule has 1 N–H and O–H groups in total. The van der Waals surface area contributed by atoms with Crippen LogP contribution in [0.2, 0.25) is 0 Å². The van der Waals surface area contributed by atoms with E-state index < -0.39 is 42.3 Å². The summed E-state index contributed by atoms with van der Waals surface area (Å²) in [6, 6.07) is 18.1. The maximum atomic E-state index is 13.5. The highest BCUT2D eigenvalue weighted by Crippen LogP contribution is 2.44. The number of para-hydroxylation sites is 2. The summed E-state index contributed by atoms with van der Waals surface area (Å²) in [5.74, 6) is -1.27. The van der Waals surface area contributed by atoms with E-state index >= 15 is 0 Å². The Hall–Kier alpha value is -2.82. The first-order valence-electron chi connectivity index (χ1n) is 12.3. The van der Waals surface area contributed by atoms with Gasteiger partial charge in [-0.2, -0.15) is 0 Å². The molecule has 4 heterocycles. The van der Waals surface area contributed by atoms with Gasteiger partial charge >= 0.3 is 0 Å². The molecule has 6 rings (SSSR count). The second-order valence-corrected chi connectivity index (χ2v) is 10.4. The van der Waals surface area contributed by atoms with Crippen molar-refractivity contribution in [1.82, 2.24) is 14.9 Å². The van der Waals surface area contributed by atoms with Crippen LogP contribution < -0.4 is 5.32 Å². The van der Waals surface area contributed by atoms with Crippen LogP contribution in [0.3, 0.4) is 0 Å². The van der Waals surface area contributed by atoms with Crippen molar-refractivity contribution < 1.29 is 28.5 Å². The molecule has 0 saturated carbocycles. The minimum atomic E-state index is -0.914. The number of carbonyl (C=O) groups excluding carboxylic acids is 1. The van der Waals surface area contributed by atoms with Crippen molar-refractivity contribution in [3.05, 3.63) is 66.0 Å². The first-order valence-corrected chi connectivity index (χ1v) is 12.3. The summed E-state index contributed by atoms with van der Waals surface area (Å²) in [6.07, 6.45) is -3.23. The van der Waals surface area contributed by atoms with Gasteiger partial charge in [-0.3, -0.25) is 4.79 Å². The van der Waals surface area contributed by atoms with E-state index in [1.165, 1.54) is 0 Å². The lowest BCUT2D eigenvalue weighted by atomic mass is 9.98. The quantitative estimate of drug-likeness (QED) is 0.584. The topological polar surface area (TPSA) is 93.1 Å². The van der Waals surface area contributed by atoms with E-state index in [2.05, 4.69) is 22.0 Å². The second kappa shape index (κ2) is 8.64. The molecule has 3 saturated heterocycles. The van der Waals surface area contributed by atoms with Crippen LogP contribution >= 0.6 is 0 Å². The Balaban J connectivity index is 1.23. The fourth-order valence-electron chi connectivity index (χ4n) is 5.29. The normalized spacial score (nSPS) is 30.2. The van der Waals surface area contributed by atoms with E-state index in [1.54, 1.807) is 0 Å². The molecule has 3 aliphatic heterocycles. The smallest absolute Gasteiger partial charge is 0.252 e. The zero-order valence-electron chi connectivity index (χ0n) is 20.8. The predicted octanol–water partition coefficient (Wildman–Crippen LogP) is 3.10. The molecule has 0 bridgehead atoms. The van der Waals surface area contributed by atoms with E-state index in [1.807, 2.05) is 70.2 Å². The molecule has 9 nitrogen and oxygen atoms in total.